The summed E-state index contributed by atoms with van der Waals surface area (Å²) in [5, 5.41) is 4.23. The number of carbonyl (C=O) groups is 1. The van der Waals surface area contributed by atoms with Crippen molar-refractivity contribution in [3.63, 3.8) is 0 Å². The third-order valence-corrected chi connectivity index (χ3v) is 4.54. The lowest BCUT2D eigenvalue weighted by Crippen LogP contribution is -2.20. The second-order valence-corrected chi connectivity index (χ2v) is 6.44. The predicted molar refractivity (Wildman–Crippen MR) is 109 cm³/mol. The van der Waals surface area contributed by atoms with Gasteiger partial charge in [-0.25, -0.2) is 5.43 Å². The van der Waals surface area contributed by atoms with Crippen LogP contribution in [0.5, 0.6) is 11.5 Å². The number of hydrazone groups is 1. The maximum atomic E-state index is 12.4. The Morgan fingerprint density at radius 2 is 1.46 bits per heavy atom. The SMILES string of the molecule is C/C(=N\NC(=O)c1ccc2c(c1)OCCO2)c1ccc(-c2ccccc2)cc1. The van der Waals surface area contributed by atoms with E-state index in [1.54, 1.807) is 18.2 Å². The molecule has 0 aromatic heterocycles. The fraction of sp³-hybridized carbons (Fsp3) is 0.130. The van der Waals surface area contributed by atoms with E-state index in [-0.39, 0.29) is 5.91 Å². The summed E-state index contributed by atoms with van der Waals surface area (Å²) >= 11 is 0. The van der Waals surface area contributed by atoms with E-state index in [1.807, 2.05) is 49.4 Å². The van der Waals surface area contributed by atoms with E-state index in [9.17, 15) is 4.79 Å². The van der Waals surface area contributed by atoms with Crippen LogP contribution in [0.15, 0.2) is 77.9 Å². The number of nitrogens with one attached hydrogen (secondary N) is 1. The molecule has 140 valence electrons. The number of nitrogens with zero attached hydrogens (tertiary/aromatic N) is 1. The molecule has 0 fully saturated rings. The van der Waals surface area contributed by atoms with Gasteiger partial charge in [0.1, 0.15) is 13.2 Å². The Bertz CT molecular complexity index is 1010. The van der Waals surface area contributed by atoms with Crippen LogP contribution in [0.1, 0.15) is 22.8 Å². The van der Waals surface area contributed by atoms with Crippen LogP contribution in [0.4, 0.5) is 0 Å². The Hall–Kier alpha value is -3.60. The van der Waals surface area contributed by atoms with Gasteiger partial charge in [-0.1, -0.05) is 54.6 Å². The average Bonchev–Trinajstić information content (AvgIpc) is 2.77. The highest BCUT2D eigenvalue weighted by molar-refractivity contribution is 6.01. The Morgan fingerprint density at radius 1 is 0.821 bits per heavy atom. The zero-order valence-corrected chi connectivity index (χ0v) is 15.5. The summed E-state index contributed by atoms with van der Waals surface area (Å²) in [6, 6.07) is 23.4. The number of hydrogen-bond donors (Lipinski definition) is 1. The van der Waals surface area contributed by atoms with Gasteiger partial charge in [0.2, 0.25) is 0 Å². The van der Waals surface area contributed by atoms with Crippen molar-refractivity contribution in [3.8, 4) is 22.6 Å². The minimum absolute atomic E-state index is 0.294. The highest BCUT2D eigenvalue weighted by Gasteiger charge is 2.14. The molecule has 3 aromatic rings. The zero-order chi connectivity index (χ0) is 19.3. The van der Waals surface area contributed by atoms with Crippen LogP contribution in [0.2, 0.25) is 0 Å². The van der Waals surface area contributed by atoms with Crippen LogP contribution < -0.4 is 14.9 Å². The maximum Gasteiger partial charge on any atom is 0.271 e. The molecule has 1 N–H and O–H groups in total. The lowest BCUT2D eigenvalue weighted by Gasteiger charge is -2.18. The van der Waals surface area contributed by atoms with Crippen LogP contribution in [-0.4, -0.2) is 24.8 Å². The first-order valence-corrected chi connectivity index (χ1v) is 9.11. The molecule has 0 bridgehead atoms. The molecule has 1 aliphatic heterocycles. The van der Waals surface area contributed by atoms with E-state index in [4.69, 9.17) is 9.47 Å². The van der Waals surface area contributed by atoms with Gasteiger partial charge in [-0.05, 0) is 41.8 Å². The van der Waals surface area contributed by atoms with Gasteiger partial charge in [-0.3, -0.25) is 4.79 Å². The fourth-order valence-corrected chi connectivity index (χ4v) is 2.98. The summed E-state index contributed by atoms with van der Waals surface area (Å²) in [5.41, 5.74) is 7.05. The summed E-state index contributed by atoms with van der Waals surface area (Å²) < 4.78 is 11.0. The maximum absolute atomic E-state index is 12.4. The number of carbonyl (C=O) groups excluding carboxylic acids is 1. The molecular formula is C23H20N2O3. The summed E-state index contributed by atoms with van der Waals surface area (Å²) in [4.78, 5) is 12.4. The number of hydrogen-bond acceptors (Lipinski definition) is 4. The van der Waals surface area contributed by atoms with Gasteiger partial charge in [0.15, 0.2) is 11.5 Å². The second-order valence-electron chi connectivity index (χ2n) is 6.44. The Labute approximate surface area is 163 Å². The fourth-order valence-electron chi connectivity index (χ4n) is 2.98. The lowest BCUT2D eigenvalue weighted by atomic mass is 10.0. The zero-order valence-electron chi connectivity index (χ0n) is 15.5. The van der Waals surface area contributed by atoms with Gasteiger partial charge in [0.05, 0.1) is 5.71 Å². The first-order chi connectivity index (χ1) is 13.7. The van der Waals surface area contributed by atoms with E-state index >= 15 is 0 Å². The largest absolute Gasteiger partial charge is 0.486 e. The number of fused-ring (bicyclic) bond motifs is 1. The van der Waals surface area contributed by atoms with Crippen LogP contribution in [0.25, 0.3) is 11.1 Å². The molecule has 5 nitrogen and oxygen atoms in total. The van der Waals surface area contributed by atoms with E-state index in [2.05, 4.69) is 22.7 Å². The Kier molecular flexibility index (Phi) is 5.06. The normalized spacial score (nSPS) is 13.1. The van der Waals surface area contributed by atoms with Gasteiger partial charge in [0, 0.05) is 5.56 Å². The minimum atomic E-state index is -0.294. The molecule has 0 saturated heterocycles. The van der Waals surface area contributed by atoms with Crippen LogP contribution in [-0.2, 0) is 0 Å². The van der Waals surface area contributed by atoms with Crippen LogP contribution >= 0.6 is 0 Å². The molecule has 1 heterocycles. The molecule has 5 heteroatoms. The molecule has 28 heavy (non-hydrogen) atoms. The monoisotopic (exact) mass is 372 g/mol. The molecule has 3 aromatic carbocycles. The van der Waals surface area contributed by atoms with Crippen molar-refractivity contribution in [2.24, 2.45) is 5.10 Å². The van der Waals surface area contributed by atoms with Crippen LogP contribution in [0, 0.1) is 0 Å². The van der Waals surface area contributed by atoms with Gasteiger partial charge in [-0.2, -0.15) is 5.10 Å². The number of ether oxygens (including phenoxy) is 2. The van der Waals surface area contributed by atoms with Gasteiger partial charge in [-0.15, -0.1) is 0 Å². The van der Waals surface area contributed by atoms with Crippen molar-refractivity contribution < 1.29 is 14.3 Å². The van der Waals surface area contributed by atoms with Gasteiger partial charge < -0.3 is 9.47 Å². The predicted octanol–water partition coefficient (Wildman–Crippen LogP) is 4.28. The van der Waals surface area contributed by atoms with E-state index in [0.29, 0.717) is 30.3 Å². The molecule has 0 spiro atoms. The average molecular weight is 372 g/mol. The third kappa shape index (κ3) is 3.88. The molecule has 0 atom stereocenters. The molecule has 1 aliphatic rings. The van der Waals surface area contributed by atoms with Crippen molar-refractivity contribution in [1.29, 1.82) is 0 Å². The second kappa shape index (κ2) is 7.96. The smallest absolute Gasteiger partial charge is 0.271 e. The molecular weight excluding hydrogens is 352 g/mol. The standard InChI is InChI=1S/C23H20N2O3/c1-16(17-7-9-19(10-8-17)18-5-3-2-4-6-18)24-25-23(26)20-11-12-21-22(15-20)28-14-13-27-21/h2-12,15H,13-14H2,1H3,(H,25,26)/b24-16+. The number of benzene rings is 3. The molecule has 4 rings (SSSR count). The number of amides is 1. The van der Waals surface area contributed by atoms with E-state index in [1.165, 1.54) is 0 Å². The van der Waals surface area contributed by atoms with Crippen molar-refractivity contribution in [2.45, 2.75) is 6.92 Å². The first-order valence-electron chi connectivity index (χ1n) is 9.11. The van der Waals surface area contributed by atoms with Gasteiger partial charge >= 0.3 is 0 Å². The van der Waals surface area contributed by atoms with Crippen molar-refractivity contribution in [1.82, 2.24) is 5.43 Å². The van der Waals surface area contributed by atoms with E-state index in [0.717, 1.165) is 22.4 Å². The van der Waals surface area contributed by atoms with Crippen LogP contribution in [0.3, 0.4) is 0 Å². The molecule has 0 radical (unpaired) electrons. The van der Waals surface area contributed by atoms with Gasteiger partial charge in [0.25, 0.3) is 5.91 Å². The van der Waals surface area contributed by atoms with Crippen molar-refractivity contribution in [2.75, 3.05) is 13.2 Å². The number of rotatable bonds is 4. The summed E-state index contributed by atoms with van der Waals surface area (Å²) in [6.45, 7) is 2.86. The highest BCUT2D eigenvalue weighted by atomic mass is 16.6. The molecule has 0 saturated carbocycles. The summed E-state index contributed by atoms with van der Waals surface area (Å²) in [7, 11) is 0. The molecule has 0 aliphatic carbocycles. The lowest BCUT2D eigenvalue weighted by molar-refractivity contribution is 0.0953. The molecule has 0 unspecified atom stereocenters. The topological polar surface area (TPSA) is 59.9 Å². The van der Waals surface area contributed by atoms with E-state index < -0.39 is 0 Å². The Morgan fingerprint density at radius 3 is 2.21 bits per heavy atom. The minimum Gasteiger partial charge on any atom is -0.486 e. The third-order valence-electron chi connectivity index (χ3n) is 4.54. The molecule has 1 amide bonds. The van der Waals surface area contributed by atoms with Crippen molar-refractivity contribution >= 4 is 11.6 Å². The summed E-state index contributed by atoms with van der Waals surface area (Å²) in [6.07, 6.45) is 0. The van der Waals surface area contributed by atoms with Crippen molar-refractivity contribution in [3.05, 3.63) is 83.9 Å². The quantitative estimate of drug-likeness (QED) is 0.549. The summed E-state index contributed by atoms with van der Waals surface area (Å²) in [5.74, 6) is 0.939. The highest BCUT2D eigenvalue weighted by Crippen LogP contribution is 2.30. The Balaban J connectivity index is 1.45. The first kappa shape index (κ1) is 17.8.